The number of nitrogens with zero attached hydrogens (tertiary/aromatic N) is 2. The van der Waals surface area contributed by atoms with Crippen molar-refractivity contribution in [3.63, 3.8) is 0 Å². The standard InChI is InChI=1S/C20H26N2O3/c1-16(17-6-3-2-4-7-17)14-19(23)22-9-5-8-18(15-22)20(24)21-10-12-25-13-11-21/h2-4,6-7,14,18H,5,8-13,15H2,1H3/b16-14+/t18-/m1/s1. The average molecular weight is 342 g/mol. The molecule has 5 heteroatoms. The topological polar surface area (TPSA) is 49.9 Å². The van der Waals surface area contributed by atoms with Gasteiger partial charge in [0.1, 0.15) is 0 Å². The number of hydrogen-bond acceptors (Lipinski definition) is 3. The Morgan fingerprint density at radius 3 is 2.52 bits per heavy atom. The molecule has 5 nitrogen and oxygen atoms in total. The van der Waals surface area contributed by atoms with Crippen LogP contribution in [0.4, 0.5) is 0 Å². The summed E-state index contributed by atoms with van der Waals surface area (Å²) >= 11 is 0. The highest BCUT2D eigenvalue weighted by molar-refractivity contribution is 5.95. The van der Waals surface area contributed by atoms with Crippen molar-refractivity contribution in [2.45, 2.75) is 19.8 Å². The fraction of sp³-hybridized carbons (Fsp3) is 0.500. The third-order valence-electron chi connectivity index (χ3n) is 4.97. The van der Waals surface area contributed by atoms with Gasteiger partial charge in [-0.05, 0) is 30.9 Å². The third-order valence-corrected chi connectivity index (χ3v) is 4.97. The van der Waals surface area contributed by atoms with Gasteiger partial charge in [0.05, 0.1) is 19.1 Å². The summed E-state index contributed by atoms with van der Waals surface area (Å²) in [6.07, 6.45) is 3.43. The largest absolute Gasteiger partial charge is 0.378 e. The van der Waals surface area contributed by atoms with Crippen LogP contribution in [0.3, 0.4) is 0 Å². The maximum absolute atomic E-state index is 12.7. The van der Waals surface area contributed by atoms with Crippen LogP contribution in [0.25, 0.3) is 5.57 Å². The van der Waals surface area contributed by atoms with Gasteiger partial charge in [-0.2, -0.15) is 0 Å². The molecule has 2 fully saturated rings. The molecular weight excluding hydrogens is 316 g/mol. The first-order valence-corrected chi connectivity index (χ1v) is 9.04. The summed E-state index contributed by atoms with van der Waals surface area (Å²) in [6.45, 7) is 5.75. The average Bonchev–Trinajstić information content (AvgIpc) is 2.68. The van der Waals surface area contributed by atoms with Crippen LogP contribution in [0.15, 0.2) is 36.4 Å². The number of carbonyl (C=O) groups excluding carboxylic acids is 2. The van der Waals surface area contributed by atoms with E-state index in [1.807, 2.05) is 47.1 Å². The van der Waals surface area contributed by atoms with Crippen LogP contribution >= 0.6 is 0 Å². The van der Waals surface area contributed by atoms with Gasteiger partial charge in [-0.15, -0.1) is 0 Å². The van der Waals surface area contributed by atoms with E-state index in [2.05, 4.69) is 0 Å². The summed E-state index contributed by atoms with van der Waals surface area (Å²) in [5.74, 6) is 0.0895. The van der Waals surface area contributed by atoms with Gasteiger partial charge in [0.15, 0.2) is 0 Å². The molecule has 0 radical (unpaired) electrons. The van der Waals surface area contributed by atoms with Crippen molar-refractivity contribution < 1.29 is 14.3 Å². The predicted molar refractivity (Wildman–Crippen MR) is 96.8 cm³/mol. The maximum atomic E-state index is 12.7. The number of carbonyl (C=O) groups is 2. The van der Waals surface area contributed by atoms with Gasteiger partial charge >= 0.3 is 0 Å². The van der Waals surface area contributed by atoms with Gasteiger partial charge in [0, 0.05) is 32.3 Å². The van der Waals surface area contributed by atoms with E-state index in [0.717, 1.165) is 30.5 Å². The van der Waals surface area contributed by atoms with E-state index in [4.69, 9.17) is 4.74 Å². The molecule has 0 unspecified atom stereocenters. The summed E-state index contributed by atoms with van der Waals surface area (Å²) < 4.78 is 5.32. The molecule has 0 saturated carbocycles. The molecular formula is C20H26N2O3. The summed E-state index contributed by atoms with van der Waals surface area (Å²) in [5, 5.41) is 0. The summed E-state index contributed by atoms with van der Waals surface area (Å²) in [7, 11) is 0. The zero-order chi connectivity index (χ0) is 17.6. The minimum atomic E-state index is -0.0822. The molecule has 2 saturated heterocycles. The Bertz CT molecular complexity index is 636. The Balaban J connectivity index is 1.62. The molecule has 0 spiro atoms. The van der Waals surface area contributed by atoms with Crippen molar-refractivity contribution in [3.05, 3.63) is 42.0 Å². The van der Waals surface area contributed by atoms with Crippen LogP contribution in [0.5, 0.6) is 0 Å². The molecule has 1 aromatic carbocycles. The predicted octanol–water partition coefficient (Wildman–Crippen LogP) is 2.19. The van der Waals surface area contributed by atoms with Gasteiger partial charge in [-0.25, -0.2) is 0 Å². The quantitative estimate of drug-likeness (QED) is 0.791. The summed E-state index contributed by atoms with van der Waals surface area (Å²) in [5.41, 5.74) is 2.00. The molecule has 1 aromatic rings. The SMILES string of the molecule is C/C(=C\C(=O)N1CCC[C@@H](C(=O)N2CCOCC2)C1)c1ccccc1. The second kappa shape index (κ2) is 8.30. The van der Waals surface area contributed by atoms with E-state index in [9.17, 15) is 9.59 Å². The van der Waals surface area contributed by atoms with E-state index >= 15 is 0 Å². The van der Waals surface area contributed by atoms with Crippen LogP contribution < -0.4 is 0 Å². The van der Waals surface area contributed by atoms with Gasteiger partial charge in [-0.1, -0.05) is 30.3 Å². The van der Waals surface area contributed by atoms with E-state index in [1.54, 1.807) is 6.08 Å². The fourth-order valence-electron chi connectivity index (χ4n) is 3.48. The minimum Gasteiger partial charge on any atom is -0.378 e. The Morgan fingerprint density at radius 1 is 1.08 bits per heavy atom. The fourth-order valence-corrected chi connectivity index (χ4v) is 3.48. The van der Waals surface area contributed by atoms with Gasteiger partial charge in [-0.3, -0.25) is 9.59 Å². The Labute approximate surface area is 149 Å². The first-order chi connectivity index (χ1) is 12.1. The lowest BCUT2D eigenvalue weighted by Crippen LogP contribution is -2.49. The smallest absolute Gasteiger partial charge is 0.246 e. The molecule has 0 bridgehead atoms. The van der Waals surface area contributed by atoms with E-state index in [0.29, 0.717) is 32.8 Å². The lowest BCUT2D eigenvalue weighted by molar-refractivity contribution is -0.143. The molecule has 1 atom stereocenters. The van der Waals surface area contributed by atoms with Crippen molar-refractivity contribution >= 4 is 17.4 Å². The number of allylic oxidation sites excluding steroid dienone is 1. The number of benzene rings is 1. The Hall–Kier alpha value is -2.14. The number of amides is 2. The monoisotopic (exact) mass is 342 g/mol. The first-order valence-electron chi connectivity index (χ1n) is 9.04. The molecule has 2 aliphatic heterocycles. The Kier molecular flexibility index (Phi) is 5.87. The summed E-state index contributed by atoms with van der Waals surface area (Å²) in [4.78, 5) is 29.0. The molecule has 134 valence electrons. The van der Waals surface area contributed by atoms with Crippen LogP contribution in [-0.4, -0.2) is 61.0 Å². The summed E-state index contributed by atoms with van der Waals surface area (Å²) in [6, 6.07) is 9.90. The molecule has 0 aromatic heterocycles. The normalized spacial score (nSPS) is 22.0. The maximum Gasteiger partial charge on any atom is 0.246 e. The van der Waals surface area contributed by atoms with Crippen molar-refractivity contribution in [1.29, 1.82) is 0 Å². The van der Waals surface area contributed by atoms with Crippen molar-refractivity contribution in [2.24, 2.45) is 5.92 Å². The van der Waals surface area contributed by atoms with E-state index < -0.39 is 0 Å². The van der Waals surface area contributed by atoms with Crippen LogP contribution in [0.2, 0.25) is 0 Å². The number of piperidine rings is 1. The molecule has 0 N–H and O–H groups in total. The lowest BCUT2D eigenvalue weighted by atomic mass is 9.96. The zero-order valence-corrected chi connectivity index (χ0v) is 14.8. The van der Waals surface area contributed by atoms with E-state index in [-0.39, 0.29) is 17.7 Å². The third kappa shape index (κ3) is 4.48. The van der Waals surface area contributed by atoms with Crippen LogP contribution in [0.1, 0.15) is 25.3 Å². The van der Waals surface area contributed by atoms with Gasteiger partial charge in [0.2, 0.25) is 11.8 Å². The highest BCUT2D eigenvalue weighted by Crippen LogP contribution is 2.21. The number of likely N-dealkylation sites (tertiary alicyclic amines) is 1. The highest BCUT2D eigenvalue weighted by atomic mass is 16.5. The molecule has 3 rings (SSSR count). The number of hydrogen-bond donors (Lipinski definition) is 0. The molecule has 25 heavy (non-hydrogen) atoms. The van der Waals surface area contributed by atoms with Crippen molar-refractivity contribution in [2.75, 3.05) is 39.4 Å². The zero-order valence-electron chi connectivity index (χ0n) is 14.8. The second-order valence-electron chi connectivity index (χ2n) is 6.75. The van der Waals surface area contributed by atoms with Crippen molar-refractivity contribution in [3.8, 4) is 0 Å². The molecule has 2 heterocycles. The van der Waals surface area contributed by atoms with Crippen molar-refractivity contribution in [1.82, 2.24) is 9.80 Å². The molecule has 2 amide bonds. The van der Waals surface area contributed by atoms with Crippen LogP contribution in [0, 0.1) is 5.92 Å². The van der Waals surface area contributed by atoms with Gasteiger partial charge < -0.3 is 14.5 Å². The number of rotatable bonds is 3. The number of morpholine rings is 1. The lowest BCUT2D eigenvalue weighted by Gasteiger charge is -2.36. The number of ether oxygens (including phenoxy) is 1. The van der Waals surface area contributed by atoms with Crippen LogP contribution in [-0.2, 0) is 14.3 Å². The van der Waals surface area contributed by atoms with E-state index in [1.165, 1.54) is 0 Å². The minimum absolute atomic E-state index is 0.000769. The Morgan fingerprint density at radius 2 is 1.80 bits per heavy atom. The first kappa shape index (κ1) is 17.7. The second-order valence-corrected chi connectivity index (χ2v) is 6.75. The highest BCUT2D eigenvalue weighted by Gasteiger charge is 2.31. The molecule has 0 aliphatic carbocycles. The van der Waals surface area contributed by atoms with Gasteiger partial charge in [0.25, 0.3) is 0 Å². The molecule has 2 aliphatic rings.